The number of benzene rings is 2. The molecule has 0 bridgehead atoms. The van der Waals surface area contributed by atoms with Crippen LogP contribution in [-0.4, -0.2) is 13.2 Å². The van der Waals surface area contributed by atoms with Crippen molar-refractivity contribution in [3.63, 3.8) is 0 Å². The van der Waals surface area contributed by atoms with Crippen LogP contribution in [0.3, 0.4) is 0 Å². The summed E-state index contributed by atoms with van der Waals surface area (Å²) in [6.07, 6.45) is 0. The minimum atomic E-state index is -0.572. The van der Waals surface area contributed by atoms with Gasteiger partial charge < -0.3 is 15.2 Å². The zero-order valence-electron chi connectivity index (χ0n) is 12.9. The van der Waals surface area contributed by atoms with Gasteiger partial charge in [0.05, 0.1) is 18.8 Å². The summed E-state index contributed by atoms with van der Waals surface area (Å²) >= 11 is 0. The molecule has 21 heavy (non-hydrogen) atoms. The van der Waals surface area contributed by atoms with E-state index in [0.717, 1.165) is 22.6 Å². The van der Waals surface area contributed by atoms with E-state index in [-0.39, 0.29) is 0 Å². The van der Waals surface area contributed by atoms with Crippen molar-refractivity contribution in [1.82, 2.24) is 0 Å². The Morgan fingerprint density at radius 2 is 1.48 bits per heavy atom. The molecule has 2 aromatic carbocycles. The zero-order chi connectivity index (χ0) is 15.3. The van der Waals surface area contributed by atoms with Gasteiger partial charge in [-0.25, -0.2) is 0 Å². The van der Waals surface area contributed by atoms with Crippen LogP contribution in [0.5, 0.6) is 11.5 Å². The molecule has 112 valence electrons. The van der Waals surface area contributed by atoms with Crippen LogP contribution in [0.1, 0.15) is 31.9 Å². The number of rotatable bonds is 6. The molecule has 0 saturated carbocycles. The summed E-state index contributed by atoms with van der Waals surface area (Å²) < 4.78 is 11.3. The van der Waals surface area contributed by atoms with Gasteiger partial charge in [-0.15, -0.1) is 0 Å². The highest BCUT2D eigenvalue weighted by molar-refractivity contribution is 5.47. The van der Waals surface area contributed by atoms with Crippen molar-refractivity contribution < 1.29 is 9.47 Å². The number of hydrogen-bond donors (Lipinski definition) is 1. The van der Waals surface area contributed by atoms with Crippen LogP contribution in [0.2, 0.25) is 0 Å². The smallest absolute Gasteiger partial charge is 0.161 e. The first kappa shape index (κ1) is 15.4. The third kappa shape index (κ3) is 3.37. The fourth-order valence-corrected chi connectivity index (χ4v) is 2.33. The molecule has 0 aliphatic heterocycles. The van der Waals surface area contributed by atoms with E-state index in [0.29, 0.717) is 13.2 Å². The Hall–Kier alpha value is -2.00. The Morgan fingerprint density at radius 3 is 2.10 bits per heavy atom. The van der Waals surface area contributed by atoms with Crippen LogP contribution >= 0.6 is 0 Å². The van der Waals surface area contributed by atoms with Crippen molar-refractivity contribution >= 4 is 0 Å². The summed E-state index contributed by atoms with van der Waals surface area (Å²) in [5, 5.41) is 0. The second-order valence-electron chi connectivity index (χ2n) is 5.10. The number of hydrogen-bond acceptors (Lipinski definition) is 3. The Morgan fingerprint density at radius 1 is 0.857 bits per heavy atom. The molecular weight excluding hydrogens is 262 g/mol. The van der Waals surface area contributed by atoms with E-state index >= 15 is 0 Å². The average molecular weight is 285 g/mol. The van der Waals surface area contributed by atoms with E-state index < -0.39 is 5.54 Å². The number of nitrogens with two attached hydrogens (primary N) is 1. The molecule has 0 radical (unpaired) electrons. The van der Waals surface area contributed by atoms with E-state index in [1.807, 2.05) is 69.3 Å². The van der Waals surface area contributed by atoms with E-state index in [2.05, 4.69) is 0 Å². The molecule has 3 heteroatoms. The third-order valence-corrected chi connectivity index (χ3v) is 3.52. The molecule has 1 atom stereocenters. The van der Waals surface area contributed by atoms with Crippen LogP contribution in [-0.2, 0) is 5.54 Å². The lowest BCUT2D eigenvalue weighted by atomic mass is 9.85. The van der Waals surface area contributed by atoms with Gasteiger partial charge >= 0.3 is 0 Å². The van der Waals surface area contributed by atoms with Crippen molar-refractivity contribution in [3.8, 4) is 11.5 Å². The van der Waals surface area contributed by atoms with E-state index in [4.69, 9.17) is 15.2 Å². The first-order chi connectivity index (χ1) is 10.1. The minimum Gasteiger partial charge on any atom is -0.490 e. The van der Waals surface area contributed by atoms with Gasteiger partial charge in [0.15, 0.2) is 11.5 Å². The minimum absolute atomic E-state index is 0.572. The largest absolute Gasteiger partial charge is 0.490 e. The first-order valence-electron chi connectivity index (χ1n) is 7.34. The quantitative estimate of drug-likeness (QED) is 0.880. The lowest BCUT2D eigenvalue weighted by molar-refractivity contribution is 0.287. The zero-order valence-corrected chi connectivity index (χ0v) is 12.9. The molecule has 0 heterocycles. The highest BCUT2D eigenvalue weighted by Crippen LogP contribution is 2.34. The lowest BCUT2D eigenvalue weighted by Gasteiger charge is -2.27. The molecule has 0 saturated heterocycles. The lowest BCUT2D eigenvalue weighted by Crippen LogP contribution is -2.34. The number of ether oxygens (including phenoxy) is 2. The van der Waals surface area contributed by atoms with Gasteiger partial charge in [0.2, 0.25) is 0 Å². The molecular formula is C18H23NO2. The van der Waals surface area contributed by atoms with E-state index in [1.165, 1.54) is 0 Å². The Kier molecular flexibility index (Phi) is 4.86. The molecule has 0 amide bonds. The molecule has 0 aliphatic rings. The van der Waals surface area contributed by atoms with Crippen LogP contribution in [0.15, 0.2) is 48.5 Å². The molecule has 2 aromatic rings. The molecule has 2 rings (SSSR count). The second-order valence-corrected chi connectivity index (χ2v) is 5.10. The molecule has 0 fully saturated rings. The molecule has 2 N–H and O–H groups in total. The summed E-state index contributed by atoms with van der Waals surface area (Å²) in [7, 11) is 0. The van der Waals surface area contributed by atoms with E-state index in [9.17, 15) is 0 Å². The van der Waals surface area contributed by atoms with Gasteiger partial charge in [0, 0.05) is 0 Å². The van der Waals surface area contributed by atoms with Gasteiger partial charge in [-0.05, 0) is 44.0 Å². The Balaban J connectivity index is 2.41. The summed E-state index contributed by atoms with van der Waals surface area (Å²) in [5.41, 5.74) is 8.05. The SMILES string of the molecule is CCOc1ccc(C(C)(N)c2ccccc2)cc1OCC. The highest BCUT2D eigenvalue weighted by Gasteiger charge is 2.24. The van der Waals surface area contributed by atoms with Gasteiger partial charge in [0.25, 0.3) is 0 Å². The Labute approximate surface area is 126 Å². The van der Waals surface area contributed by atoms with Crippen LogP contribution in [0.25, 0.3) is 0 Å². The predicted molar refractivity (Wildman–Crippen MR) is 85.9 cm³/mol. The maximum absolute atomic E-state index is 6.55. The van der Waals surface area contributed by atoms with Crippen molar-refractivity contribution in [2.24, 2.45) is 5.73 Å². The standard InChI is InChI=1S/C18H23NO2/c1-4-20-16-12-11-15(13-17(16)21-5-2)18(3,19)14-9-7-6-8-10-14/h6-13H,4-5,19H2,1-3H3. The normalized spacial score (nSPS) is 13.5. The maximum atomic E-state index is 6.55. The fraction of sp³-hybridized carbons (Fsp3) is 0.333. The first-order valence-corrected chi connectivity index (χ1v) is 7.34. The van der Waals surface area contributed by atoms with E-state index in [1.54, 1.807) is 0 Å². The summed E-state index contributed by atoms with van der Waals surface area (Å²) in [6.45, 7) is 7.13. The van der Waals surface area contributed by atoms with Crippen molar-refractivity contribution in [3.05, 3.63) is 59.7 Å². The van der Waals surface area contributed by atoms with Crippen molar-refractivity contribution in [2.75, 3.05) is 13.2 Å². The van der Waals surface area contributed by atoms with Crippen molar-refractivity contribution in [1.29, 1.82) is 0 Å². The van der Waals surface area contributed by atoms with Gasteiger partial charge in [-0.3, -0.25) is 0 Å². The topological polar surface area (TPSA) is 44.5 Å². The molecule has 1 unspecified atom stereocenters. The van der Waals surface area contributed by atoms with Gasteiger partial charge in [-0.2, -0.15) is 0 Å². The van der Waals surface area contributed by atoms with Crippen molar-refractivity contribution in [2.45, 2.75) is 26.3 Å². The highest BCUT2D eigenvalue weighted by atomic mass is 16.5. The average Bonchev–Trinajstić information content (AvgIpc) is 2.50. The second kappa shape index (κ2) is 6.64. The predicted octanol–water partition coefficient (Wildman–Crippen LogP) is 3.71. The molecule has 0 spiro atoms. The summed E-state index contributed by atoms with van der Waals surface area (Å²) in [4.78, 5) is 0. The Bertz CT molecular complexity index is 579. The molecule has 0 aliphatic carbocycles. The van der Waals surface area contributed by atoms with Gasteiger partial charge in [-0.1, -0.05) is 36.4 Å². The summed E-state index contributed by atoms with van der Waals surface area (Å²) in [5.74, 6) is 1.50. The van der Waals surface area contributed by atoms with Crippen LogP contribution < -0.4 is 15.2 Å². The fourth-order valence-electron chi connectivity index (χ4n) is 2.33. The monoisotopic (exact) mass is 285 g/mol. The van der Waals surface area contributed by atoms with Crippen LogP contribution in [0, 0.1) is 0 Å². The summed E-state index contributed by atoms with van der Waals surface area (Å²) in [6, 6.07) is 16.0. The molecule has 3 nitrogen and oxygen atoms in total. The molecule has 0 aromatic heterocycles. The van der Waals surface area contributed by atoms with Crippen LogP contribution in [0.4, 0.5) is 0 Å². The maximum Gasteiger partial charge on any atom is 0.161 e. The third-order valence-electron chi connectivity index (χ3n) is 3.52. The van der Waals surface area contributed by atoms with Gasteiger partial charge in [0.1, 0.15) is 0 Å².